The SMILES string of the molecule is O=C1c2ccccc2C(=O)N1CCCCI. The van der Waals surface area contributed by atoms with E-state index in [0.29, 0.717) is 17.7 Å². The summed E-state index contributed by atoms with van der Waals surface area (Å²) in [5.74, 6) is -0.289. The summed E-state index contributed by atoms with van der Waals surface area (Å²) in [5.41, 5.74) is 1.09. The van der Waals surface area contributed by atoms with Crippen molar-refractivity contribution in [2.24, 2.45) is 0 Å². The Bertz CT molecular complexity index is 396. The lowest BCUT2D eigenvalue weighted by atomic mass is 10.1. The van der Waals surface area contributed by atoms with Crippen LogP contribution in [0.2, 0.25) is 0 Å². The molecule has 1 heterocycles. The summed E-state index contributed by atoms with van der Waals surface area (Å²) in [6, 6.07) is 7.01. The van der Waals surface area contributed by atoms with Gasteiger partial charge in [0.15, 0.2) is 0 Å². The van der Waals surface area contributed by atoms with Crippen LogP contribution in [0.4, 0.5) is 0 Å². The smallest absolute Gasteiger partial charge is 0.261 e. The minimum atomic E-state index is -0.144. The third-order valence-corrected chi connectivity index (χ3v) is 3.41. The highest BCUT2D eigenvalue weighted by Gasteiger charge is 2.34. The number of carbonyl (C=O) groups is 2. The third kappa shape index (κ3) is 1.98. The van der Waals surface area contributed by atoms with E-state index in [-0.39, 0.29) is 11.8 Å². The number of unbranched alkanes of at least 4 members (excludes halogenated alkanes) is 1. The maximum Gasteiger partial charge on any atom is 0.261 e. The molecule has 4 heteroatoms. The normalized spacial score (nSPS) is 14.4. The number of alkyl halides is 1. The first-order valence-corrected chi connectivity index (χ1v) is 6.79. The maximum atomic E-state index is 11.9. The predicted octanol–water partition coefficient (Wildman–Crippen LogP) is 2.50. The van der Waals surface area contributed by atoms with Gasteiger partial charge in [-0.25, -0.2) is 0 Å². The molecular formula is C12H12INO2. The summed E-state index contributed by atoms with van der Waals surface area (Å²) in [6.07, 6.45) is 1.92. The van der Waals surface area contributed by atoms with Gasteiger partial charge in [-0.15, -0.1) is 0 Å². The standard InChI is InChI=1S/C12H12INO2/c13-7-3-4-8-14-11(15)9-5-1-2-6-10(9)12(14)16/h1-2,5-6H,3-4,7-8H2. The maximum absolute atomic E-state index is 11.9. The first-order valence-electron chi connectivity index (χ1n) is 5.27. The summed E-state index contributed by atoms with van der Waals surface area (Å²) < 4.78 is 1.06. The van der Waals surface area contributed by atoms with Crippen LogP contribution in [0.1, 0.15) is 33.6 Å². The first-order chi connectivity index (χ1) is 7.75. The van der Waals surface area contributed by atoms with E-state index < -0.39 is 0 Å². The average molecular weight is 329 g/mol. The van der Waals surface area contributed by atoms with Crippen molar-refractivity contribution in [1.82, 2.24) is 4.90 Å². The molecule has 16 heavy (non-hydrogen) atoms. The van der Waals surface area contributed by atoms with Gasteiger partial charge in [-0.1, -0.05) is 34.7 Å². The summed E-state index contributed by atoms with van der Waals surface area (Å²) >= 11 is 2.30. The zero-order valence-electron chi connectivity index (χ0n) is 8.78. The Morgan fingerprint density at radius 1 is 1.00 bits per heavy atom. The van der Waals surface area contributed by atoms with Crippen LogP contribution in [0.5, 0.6) is 0 Å². The van der Waals surface area contributed by atoms with Gasteiger partial charge in [0.1, 0.15) is 0 Å². The molecule has 0 aromatic heterocycles. The molecule has 0 unspecified atom stereocenters. The Hall–Kier alpha value is -0.910. The van der Waals surface area contributed by atoms with Crippen LogP contribution in [-0.4, -0.2) is 27.7 Å². The van der Waals surface area contributed by atoms with Gasteiger partial charge in [-0.05, 0) is 29.4 Å². The number of halogens is 1. The Morgan fingerprint density at radius 3 is 2.06 bits per heavy atom. The second-order valence-electron chi connectivity index (χ2n) is 3.70. The molecule has 0 spiro atoms. The van der Waals surface area contributed by atoms with Gasteiger partial charge in [0, 0.05) is 6.54 Å². The van der Waals surface area contributed by atoms with Crippen molar-refractivity contribution >= 4 is 34.4 Å². The van der Waals surface area contributed by atoms with E-state index in [2.05, 4.69) is 22.6 Å². The van der Waals surface area contributed by atoms with E-state index in [0.717, 1.165) is 17.3 Å². The summed E-state index contributed by atoms with van der Waals surface area (Å²) in [7, 11) is 0. The van der Waals surface area contributed by atoms with E-state index in [1.807, 2.05) is 0 Å². The lowest BCUT2D eigenvalue weighted by molar-refractivity contribution is 0.0652. The highest BCUT2D eigenvalue weighted by molar-refractivity contribution is 14.1. The van der Waals surface area contributed by atoms with Crippen LogP contribution in [0.15, 0.2) is 24.3 Å². The Balaban J connectivity index is 2.15. The molecule has 2 rings (SSSR count). The Morgan fingerprint density at radius 2 is 1.56 bits per heavy atom. The van der Waals surface area contributed by atoms with E-state index in [4.69, 9.17) is 0 Å². The largest absolute Gasteiger partial charge is 0.274 e. The van der Waals surface area contributed by atoms with E-state index in [1.54, 1.807) is 24.3 Å². The lowest BCUT2D eigenvalue weighted by Gasteiger charge is -2.12. The minimum Gasteiger partial charge on any atom is -0.274 e. The monoisotopic (exact) mass is 329 g/mol. The molecule has 0 fully saturated rings. The highest BCUT2D eigenvalue weighted by Crippen LogP contribution is 2.22. The second kappa shape index (κ2) is 4.95. The molecule has 0 bridgehead atoms. The molecule has 2 amide bonds. The predicted molar refractivity (Wildman–Crippen MR) is 69.9 cm³/mol. The molecule has 0 atom stereocenters. The van der Waals surface area contributed by atoms with Crippen molar-refractivity contribution in [1.29, 1.82) is 0 Å². The van der Waals surface area contributed by atoms with Crippen LogP contribution in [0.3, 0.4) is 0 Å². The fourth-order valence-electron chi connectivity index (χ4n) is 1.81. The molecule has 1 aromatic rings. The number of amides is 2. The van der Waals surface area contributed by atoms with Crippen molar-refractivity contribution in [2.75, 3.05) is 11.0 Å². The van der Waals surface area contributed by atoms with Gasteiger partial charge < -0.3 is 0 Å². The van der Waals surface area contributed by atoms with E-state index >= 15 is 0 Å². The van der Waals surface area contributed by atoms with E-state index in [9.17, 15) is 9.59 Å². The number of hydrogen-bond donors (Lipinski definition) is 0. The van der Waals surface area contributed by atoms with Gasteiger partial charge in [-0.3, -0.25) is 14.5 Å². The molecule has 0 aliphatic carbocycles. The van der Waals surface area contributed by atoms with Crippen molar-refractivity contribution in [3.8, 4) is 0 Å². The van der Waals surface area contributed by atoms with Crippen molar-refractivity contribution in [2.45, 2.75) is 12.8 Å². The Labute approximate surface area is 108 Å². The molecule has 1 aliphatic heterocycles. The number of carbonyl (C=O) groups excluding carboxylic acids is 2. The molecule has 1 aliphatic rings. The zero-order chi connectivity index (χ0) is 11.5. The highest BCUT2D eigenvalue weighted by atomic mass is 127. The number of benzene rings is 1. The molecule has 0 N–H and O–H groups in total. The molecule has 0 saturated carbocycles. The van der Waals surface area contributed by atoms with Crippen molar-refractivity contribution in [3.63, 3.8) is 0 Å². The van der Waals surface area contributed by atoms with E-state index in [1.165, 1.54) is 4.90 Å². The van der Waals surface area contributed by atoms with Crippen LogP contribution < -0.4 is 0 Å². The molecular weight excluding hydrogens is 317 g/mol. The number of hydrogen-bond acceptors (Lipinski definition) is 2. The van der Waals surface area contributed by atoms with Crippen molar-refractivity contribution in [3.05, 3.63) is 35.4 Å². The van der Waals surface area contributed by atoms with Crippen LogP contribution in [0, 0.1) is 0 Å². The number of fused-ring (bicyclic) bond motifs is 1. The fraction of sp³-hybridized carbons (Fsp3) is 0.333. The average Bonchev–Trinajstić information content (AvgIpc) is 2.55. The van der Waals surface area contributed by atoms with Gasteiger partial charge in [0.25, 0.3) is 11.8 Å². The van der Waals surface area contributed by atoms with Crippen LogP contribution in [0.25, 0.3) is 0 Å². The molecule has 3 nitrogen and oxygen atoms in total. The Kier molecular flexibility index (Phi) is 3.58. The minimum absolute atomic E-state index is 0.144. The fourth-order valence-corrected chi connectivity index (χ4v) is 2.35. The number of nitrogens with zero attached hydrogens (tertiary/aromatic N) is 1. The summed E-state index contributed by atoms with van der Waals surface area (Å²) in [4.78, 5) is 25.2. The summed E-state index contributed by atoms with van der Waals surface area (Å²) in [6.45, 7) is 0.537. The van der Waals surface area contributed by atoms with Gasteiger partial charge in [0.2, 0.25) is 0 Å². The quantitative estimate of drug-likeness (QED) is 0.368. The molecule has 84 valence electrons. The van der Waals surface area contributed by atoms with Gasteiger partial charge in [0.05, 0.1) is 11.1 Å². The van der Waals surface area contributed by atoms with Crippen LogP contribution >= 0.6 is 22.6 Å². The zero-order valence-corrected chi connectivity index (χ0v) is 10.9. The number of imide groups is 1. The van der Waals surface area contributed by atoms with Gasteiger partial charge in [-0.2, -0.15) is 0 Å². The first kappa shape index (κ1) is 11.6. The molecule has 0 saturated heterocycles. The molecule has 0 radical (unpaired) electrons. The lowest BCUT2D eigenvalue weighted by Crippen LogP contribution is -2.30. The third-order valence-electron chi connectivity index (χ3n) is 2.64. The topological polar surface area (TPSA) is 37.4 Å². The van der Waals surface area contributed by atoms with Gasteiger partial charge >= 0.3 is 0 Å². The molecule has 1 aromatic carbocycles. The number of rotatable bonds is 4. The second-order valence-corrected chi connectivity index (χ2v) is 4.78. The van der Waals surface area contributed by atoms with Crippen LogP contribution in [-0.2, 0) is 0 Å². The van der Waals surface area contributed by atoms with Crippen molar-refractivity contribution < 1.29 is 9.59 Å². The summed E-state index contributed by atoms with van der Waals surface area (Å²) in [5, 5.41) is 0.